The van der Waals surface area contributed by atoms with Gasteiger partial charge >= 0.3 is 6.18 Å². The van der Waals surface area contributed by atoms with E-state index in [0.29, 0.717) is 18.5 Å². The lowest BCUT2D eigenvalue weighted by Crippen LogP contribution is -2.38. The van der Waals surface area contributed by atoms with E-state index < -0.39 is 18.0 Å². The van der Waals surface area contributed by atoms with E-state index in [1.165, 1.54) is 13.0 Å². The highest BCUT2D eigenvalue weighted by atomic mass is 19.4. The van der Waals surface area contributed by atoms with Crippen LogP contribution in [0.3, 0.4) is 0 Å². The lowest BCUT2D eigenvalue weighted by molar-refractivity contribution is -0.0938. The van der Waals surface area contributed by atoms with Crippen molar-refractivity contribution in [2.24, 2.45) is 5.73 Å². The zero-order chi connectivity index (χ0) is 16.5. The highest BCUT2D eigenvalue weighted by Gasteiger charge is 2.31. The van der Waals surface area contributed by atoms with Crippen LogP contribution in [0.4, 0.5) is 13.2 Å². The van der Waals surface area contributed by atoms with E-state index in [9.17, 15) is 18.3 Å². The Kier molecular flexibility index (Phi) is 9.57. The van der Waals surface area contributed by atoms with Crippen molar-refractivity contribution in [3.8, 4) is 0 Å². The smallest absolute Gasteiger partial charge is 0.379 e. The molecule has 0 amide bonds. The van der Waals surface area contributed by atoms with Crippen molar-refractivity contribution in [2.75, 3.05) is 6.54 Å². The highest BCUT2D eigenvalue weighted by Crippen LogP contribution is 2.28. The number of hydrogen-bond acceptors (Lipinski definition) is 3. The van der Waals surface area contributed by atoms with Crippen LogP contribution < -0.4 is 11.1 Å². The van der Waals surface area contributed by atoms with Crippen molar-refractivity contribution in [3.05, 3.63) is 23.8 Å². The van der Waals surface area contributed by atoms with Crippen LogP contribution in [-0.4, -0.2) is 30.1 Å². The molecular formula is C15H27F3N2O. The van der Waals surface area contributed by atoms with E-state index in [1.807, 2.05) is 0 Å². The largest absolute Gasteiger partial charge is 0.412 e. The molecule has 0 aromatic carbocycles. The van der Waals surface area contributed by atoms with Crippen LogP contribution in [0, 0.1) is 0 Å². The third kappa shape index (κ3) is 8.90. The Morgan fingerprint density at radius 1 is 1.38 bits per heavy atom. The van der Waals surface area contributed by atoms with Crippen LogP contribution in [-0.2, 0) is 0 Å². The Morgan fingerprint density at radius 3 is 2.43 bits per heavy atom. The predicted molar refractivity (Wildman–Crippen MR) is 79.7 cm³/mol. The molecule has 2 atom stereocenters. The summed E-state index contributed by atoms with van der Waals surface area (Å²) in [5.74, 6) is 0. The number of aliphatic hydroxyl groups is 1. The number of alkyl halides is 3. The van der Waals surface area contributed by atoms with Crippen molar-refractivity contribution in [3.63, 3.8) is 0 Å². The summed E-state index contributed by atoms with van der Waals surface area (Å²) in [5, 5.41) is 12.8. The Morgan fingerprint density at radius 2 is 2.00 bits per heavy atom. The van der Waals surface area contributed by atoms with Gasteiger partial charge in [0.05, 0.1) is 0 Å². The fourth-order valence-electron chi connectivity index (χ4n) is 1.93. The molecule has 0 saturated carbocycles. The lowest BCUT2D eigenvalue weighted by Gasteiger charge is -2.22. The summed E-state index contributed by atoms with van der Waals surface area (Å²) in [5.41, 5.74) is 5.52. The molecule has 0 aromatic rings. The maximum Gasteiger partial charge on any atom is 0.412 e. The van der Waals surface area contributed by atoms with Gasteiger partial charge in [0.1, 0.15) is 6.23 Å². The van der Waals surface area contributed by atoms with Crippen molar-refractivity contribution < 1.29 is 18.3 Å². The molecule has 2 unspecified atom stereocenters. The Labute approximate surface area is 125 Å². The number of rotatable bonds is 10. The van der Waals surface area contributed by atoms with Crippen LogP contribution in [0.5, 0.6) is 0 Å². The average Bonchev–Trinajstić information content (AvgIpc) is 2.36. The second-order valence-electron chi connectivity index (χ2n) is 5.18. The summed E-state index contributed by atoms with van der Waals surface area (Å²) < 4.78 is 38.0. The van der Waals surface area contributed by atoms with Gasteiger partial charge in [0.25, 0.3) is 0 Å². The zero-order valence-electron chi connectivity index (χ0n) is 12.8. The minimum atomic E-state index is -4.30. The van der Waals surface area contributed by atoms with Crippen LogP contribution in [0.2, 0.25) is 0 Å². The van der Waals surface area contributed by atoms with Crippen molar-refractivity contribution in [1.82, 2.24) is 5.32 Å². The van der Waals surface area contributed by atoms with Gasteiger partial charge < -0.3 is 10.8 Å². The number of aliphatic hydroxyl groups excluding tert-OH is 1. The molecule has 4 N–H and O–H groups in total. The van der Waals surface area contributed by atoms with Gasteiger partial charge in [0, 0.05) is 11.6 Å². The van der Waals surface area contributed by atoms with Crippen LogP contribution in [0.1, 0.15) is 46.0 Å². The predicted octanol–water partition coefficient (Wildman–Crippen LogP) is 3.26. The number of hydrogen-bond donors (Lipinski definition) is 3. The Bertz CT molecular complexity index is 340. The molecule has 0 aliphatic rings. The quantitative estimate of drug-likeness (QED) is 0.330. The second-order valence-corrected chi connectivity index (χ2v) is 5.18. The fourth-order valence-corrected chi connectivity index (χ4v) is 1.93. The van der Waals surface area contributed by atoms with Gasteiger partial charge in [-0.1, -0.05) is 25.2 Å². The lowest BCUT2D eigenvalue weighted by atomic mass is 10.0. The molecular weight excluding hydrogens is 281 g/mol. The first-order valence-electron chi connectivity index (χ1n) is 7.28. The first-order valence-corrected chi connectivity index (χ1v) is 7.28. The molecule has 0 bridgehead atoms. The van der Waals surface area contributed by atoms with Gasteiger partial charge in [0.2, 0.25) is 0 Å². The monoisotopic (exact) mass is 308 g/mol. The Balaban J connectivity index is 4.56. The molecule has 0 aliphatic carbocycles. The molecule has 0 rings (SSSR count). The minimum absolute atomic E-state index is 0.0640. The minimum Gasteiger partial charge on any atom is -0.379 e. The molecule has 0 saturated heterocycles. The normalized spacial score (nSPS) is 15.9. The fraction of sp³-hybridized carbons (Fsp3) is 0.733. The van der Waals surface area contributed by atoms with Gasteiger partial charge in [-0.2, -0.15) is 13.2 Å². The highest BCUT2D eigenvalue weighted by molar-refractivity contribution is 5.13. The summed E-state index contributed by atoms with van der Waals surface area (Å²) in [4.78, 5) is 0. The van der Waals surface area contributed by atoms with Crippen molar-refractivity contribution >= 4 is 0 Å². The molecule has 0 radical (unpaired) electrons. The molecule has 0 heterocycles. The third-order valence-corrected chi connectivity index (χ3v) is 3.27. The van der Waals surface area contributed by atoms with Crippen LogP contribution in [0.15, 0.2) is 23.8 Å². The van der Waals surface area contributed by atoms with Gasteiger partial charge in [-0.3, -0.25) is 5.32 Å². The first-order chi connectivity index (χ1) is 9.72. The van der Waals surface area contributed by atoms with Gasteiger partial charge in [-0.05, 0) is 45.6 Å². The number of nitrogens with one attached hydrogen (secondary N) is 1. The topological polar surface area (TPSA) is 58.3 Å². The van der Waals surface area contributed by atoms with E-state index in [1.54, 1.807) is 6.92 Å². The summed E-state index contributed by atoms with van der Waals surface area (Å²) in [7, 11) is 0. The van der Waals surface area contributed by atoms with Gasteiger partial charge in [-0.15, -0.1) is 0 Å². The SMILES string of the molecule is C=C(C)C(C/C=C(\CC)C(F)(F)F)NC(O)CCCCN. The molecule has 21 heavy (non-hydrogen) atoms. The van der Waals surface area contributed by atoms with Crippen LogP contribution >= 0.6 is 0 Å². The van der Waals surface area contributed by atoms with E-state index in [4.69, 9.17) is 5.73 Å². The molecule has 124 valence electrons. The summed E-state index contributed by atoms with van der Waals surface area (Å²) >= 11 is 0. The van der Waals surface area contributed by atoms with Crippen molar-refractivity contribution in [1.29, 1.82) is 0 Å². The standard InChI is InChI=1S/C15H27F3N2O/c1-4-12(15(16,17)18)8-9-13(11(2)3)20-14(21)7-5-6-10-19/h8,13-14,20-21H,2,4-7,9-10,19H2,1,3H3/b12-8+. The number of unbranched alkanes of at least 4 members (excludes halogenated alkanes) is 1. The molecule has 3 nitrogen and oxygen atoms in total. The summed E-state index contributed by atoms with van der Waals surface area (Å²) in [6.07, 6.45) is -1.69. The van der Waals surface area contributed by atoms with Crippen LogP contribution in [0.25, 0.3) is 0 Å². The number of halogens is 3. The number of allylic oxidation sites excluding steroid dienone is 1. The molecule has 6 heteroatoms. The Hall–Kier alpha value is -0.850. The van der Waals surface area contributed by atoms with E-state index in [0.717, 1.165) is 12.8 Å². The maximum atomic E-state index is 12.7. The zero-order valence-corrected chi connectivity index (χ0v) is 12.8. The molecule has 0 fully saturated rings. The third-order valence-electron chi connectivity index (χ3n) is 3.27. The van der Waals surface area contributed by atoms with E-state index in [-0.39, 0.29) is 18.9 Å². The summed E-state index contributed by atoms with van der Waals surface area (Å²) in [6, 6.07) is -0.373. The van der Waals surface area contributed by atoms with Crippen molar-refractivity contribution in [2.45, 2.75) is 64.4 Å². The number of nitrogens with two attached hydrogens (primary N) is 1. The molecule has 0 aliphatic heterocycles. The van der Waals surface area contributed by atoms with E-state index in [2.05, 4.69) is 11.9 Å². The van der Waals surface area contributed by atoms with E-state index >= 15 is 0 Å². The molecule has 0 spiro atoms. The summed E-state index contributed by atoms with van der Waals surface area (Å²) in [6.45, 7) is 7.54. The van der Waals surface area contributed by atoms with Gasteiger partial charge in [-0.25, -0.2) is 0 Å². The average molecular weight is 308 g/mol. The second kappa shape index (κ2) is 9.97. The molecule has 0 aromatic heterocycles. The maximum absolute atomic E-state index is 12.7. The first kappa shape index (κ1) is 20.1. The van der Waals surface area contributed by atoms with Gasteiger partial charge in [0.15, 0.2) is 0 Å².